The van der Waals surface area contributed by atoms with Crippen LogP contribution < -0.4 is 10.1 Å². The second-order valence-corrected chi connectivity index (χ2v) is 8.57. The van der Waals surface area contributed by atoms with Gasteiger partial charge in [-0.25, -0.2) is 14.6 Å². The Morgan fingerprint density at radius 3 is 2.70 bits per heavy atom. The van der Waals surface area contributed by atoms with Crippen molar-refractivity contribution in [1.82, 2.24) is 30.0 Å². The molecule has 1 atom stereocenters. The second-order valence-electron chi connectivity index (χ2n) is 8.57. The van der Waals surface area contributed by atoms with Crippen LogP contribution in [0.2, 0.25) is 0 Å². The van der Waals surface area contributed by atoms with Gasteiger partial charge in [-0.05, 0) is 38.8 Å². The topological polar surface area (TPSA) is 85.2 Å². The first-order chi connectivity index (χ1) is 16.0. The van der Waals surface area contributed by atoms with Crippen LogP contribution in [-0.2, 0) is 20.1 Å². The van der Waals surface area contributed by atoms with Crippen molar-refractivity contribution < 1.29 is 9.53 Å². The number of ether oxygens (including phenoxy) is 1. The summed E-state index contributed by atoms with van der Waals surface area (Å²) in [5.41, 5.74) is 4.34. The number of hydrogen-bond acceptors (Lipinski definition) is 6. The van der Waals surface area contributed by atoms with Crippen molar-refractivity contribution in [3.05, 3.63) is 70.4 Å². The Bertz CT molecular complexity index is 1110. The van der Waals surface area contributed by atoms with Crippen molar-refractivity contribution in [3.63, 3.8) is 0 Å². The maximum absolute atomic E-state index is 12.7. The molecule has 3 aromatic rings. The Kier molecular flexibility index (Phi) is 7.03. The molecule has 1 aliphatic rings. The third-order valence-electron chi connectivity index (χ3n) is 6.29. The number of piperidine rings is 1. The Labute approximate surface area is 195 Å². The quantitative estimate of drug-likeness (QED) is 0.596. The fraction of sp³-hybridized carbons (Fsp3) is 0.440. The number of likely N-dealkylation sites (tertiary alicyclic amines) is 1. The molecule has 8 nitrogen and oxygen atoms in total. The predicted molar refractivity (Wildman–Crippen MR) is 126 cm³/mol. The van der Waals surface area contributed by atoms with E-state index in [1.165, 1.54) is 0 Å². The number of methoxy groups -OCH3 is 1. The van der Waals surface area contributed by atoms with E-state index in [0.717, 1.165) is 60.9 Å². The highest BCUT2D eigenvalue weighted by Gasteiger charge is 2.29. The van der Waals surface area contributed by atoms with Gasteiger partial charge < -0.3 is 10.1 Å². The Hall–Kier alpha value is -3.26. The smallest absolute Gasteiger partial charge is 0.254 e. The normalized spacial score (nSPS) is 16.5. The average molecular weight is 449 g/mol. The van der Waals surface area contributed by atoms with Crippen molar-refractivity contribution in [2.75, 3.05) is 13.7 Å². The lowest BCUT2D eigenvalue weighted by atomic mass is 10.00. The summed E-state index contributed by atoms with van der Waals surface area (Å²) in [7, 11) is 3.58. The van der Waals surface area contributed by atoms with Crippen molar-refractivity contribution >= 4 is 5.91 Å². The zero-order valence-corrected chi connectivity index (χ0v) is 19.8. The Morgan fingerprint density at radius 2 is 1.97 bits per heavy atom. The number of benzene rings is 1. The number of carbonyl (C=O) groups excluding carboxylic acids is 1. The van der Waals surface area contributed by atoms with Gasteiger partial charge in [-0.2, -0.15) is 5.10 Å². The molecule has 0 saturated carbocycles. The number of aromatic nitrogens is 4. The van der Waals surface area contributed by atoms with Gasteiger partial charge in [0.2, 0.25) is 5.88 Å². The zero-order chi connectivity index (χ0) is 23.4. The molecule has 33 heavy (non-hydrogen) atoms. The number of hydrogen-bond donors (Lipinski definition) is 1. The molecule has 1 saturated heterocycles. The molecule has 174 valence electrons. The van der Waals surface area contributed by atoms with Gasteiger partial charge in [0.15, 0.2) is 0 Å². The maximum atomic E-state index is 12.7. The van der Waals surface area contributed by atoms with Crippen LogP contribution in [-0.4, -0.2) is 44.2 Å². The van der Waals surface area contributed by atoms with Gasteiger partial charge in [-0.1, -0.05) is 36.8 Å². The molecule has 0 aliphatic carbocycles. The summed E-state index contributed by atoms with van der Waals surface area (Å²) in [6.45, 7) is 6.06. The van der Waals surface area contributed by atoms with Crippen LogP contribution in [0.15, 0.2) is 36.5 Å². The molecule has 1 aromatic carbocycles. The number of carbonyl (C=O) groups is 1. The molecule has 3 heterocycles. The number of rotatable bonds is 7. The van der Waals surface area contributed by atoms with E-state index in [1.54, 1.807) is 18.0 Å². The van der Waals surface area contributed by atoms with Crippen molar-refractivity contribution in [2.24, 2.45) is 7.05 Å². The SMILES string of the molecule is COc1c(CN2CCCC[C@H]2c2ncc(C(=O)NCc3ccccc3)c(C)n2)c(C)nn1C. The van der Waals surface area contributed by atoms with Crippen LogP contribution in [0.3, 0.4) is 0 Å². The fourth-order valence-corrected chi connectivity index (χ4v) is 4.54. The lowest BCUT2D eigenvalue weighted by Gasteiger charge is -2.34. The van der Waals surface area contributed by atoms with Gasteiger partial charge in [0.25, 0.3) is 5.91 Å². The van der Waals surface area contributed by atoms with E-state index in [0.29, 0.717) is 17.8 Å². The monoisotopic (exact) mass is 448 g/mol. The van der Waals surface area contributed by atoms with Crippen molar-refractivity contribution in [1.29, 1.82) is 0 Å². The third-order valence-corrected chi connectivity index (χ3v) is 6.29. The highest BCUT2D eigenvalue weighted by molar-refractivity contribution is 5.94. The summed E-state index contributed by atoms with van der Waals surface area (Å²) in [5.74, 6) is 1.41. The molecule has 1 amide bonds. The van der Waals surface area contributed by atoms with E-state index >= 15 is 0 Å². The van der Waals surface area contributed by atoms with E-state index in [9.17, 15) is 4.79 Å². The van der Waals surface area contributed by atoms with Crippen LogP contribution in [0.4, 0.5) is 0 Å². The average Bonchev–Trinajstić information content (AvgIpc) is 3.10. The summed E-state index contributed by atoms with van der Waals surface area (Å²) >= 11 is 0. The summed E-state index contributed by atoms with van der Waals surface area (Å²) in [6.07, 6.45) is 4.92. The molecule has 0 bridgehead atoms. The van der Waals surface area contributed by atoms with Gasteiger partial charge in [0.05, 0.1) is 35.7 Å². The van der Waals surface area contributed by atoms with E-state index < -0.39 is 0 Å². The number of nitrogens with zero attached hydrogens (tertiary/aromatic N) is 5. The molecule has 1 N–H and O–H groups in total. The first kappa shape index (κ1) is 22.9. The standard InChI is InChI=1S/C25H32N6O2/c1-17-20(24(32)27-14-19-10-6-5-7-11-19)15-26-23(28-17)22-12-8-9-13-31(22)16-21-18(2)29-30(3)25(21)33-4/h5-7,10-11,15,22H,8-9,12-14,16H2,1-4H3,(H,27,32)/t22-/m0/s1. The van der Waals surface area contributed by atoms with E-state index in [2.05, 4.69) is 20.3 Å². The minimum absolute atomic E-state index is 0.100. The molecule has 8 heteroatoms. The molecule has 0 spiro atoms. The molecular weight excluding hydrogens is 416 g/mol. The molecular formula is C25H32N6O2. The first-order valence-electron chi connectivity index (χ1n) is 11.4. The molecule has 1 fully saturated rings. The van der Waals surface area contributed by atoms with E-state index in [1.807, 2.05) is 51.2 Å². The molecule has 1 aliphatic heterocycles. The largest absolute Gasteiger partial charge is 0.481 e. The van der Waals surface area contributed by atoms with E-state index in [4.69, 9.17) is 9.72 Å². The summed E-state index contributed by atoms with van der Waals surface area (Å²) in [6, 6.07) is 9.96. The number of amides is 1. The summed E-state index contributed by atoms with van der Waals surface area (Å²) in [5, 5.41) is 7.48. The summed E-state index contributed by atoms with van der Waals surface area (Å²) < 4.78 is 7.38. The summed E-state index contributed by atoms with van der Waals surface area (Å²) in [4.78, 5) is 24.5. The molecule has 0 radical (unpaired) electrons. The first-order valence-corrected chi connectivity index (χ1v) is 11.4. The van der Waals surface area contributed by atoms with Crippen LogP contribution >= 0.6 is 0 Å². The Morgan fingerprint density at radius 1 is 1.18 bits per heavy atom. The second kappa shape index (κ2) is 10.1. The van der Waals surface area contributed by atoms with Crippen LogP contribution in [0.5, 0.6) is 5.88 Å². The minimum Gasteiger partial charge on any atom is -0.481 e. The minimum atomic E-state index is -0.154. The van der Waals surface area contributed by atoms with Crippen LogP contribution in [0.25, 0.3) is 0 Å². The fourth-order valence-electron chi connectivity index (χ4n) is 4.54. The Balaban J connectivity index is 1.50. The molecule has 4 rings (SSSR count). The number of aryl methyl sites for hydroxylation is 3. The van der Waals surface area contributed by atoms with Gasteiger partial charge >= 0.3 is 0 Å². The highest BCUT2D eigenvalue weighted by Crippen LogP contribution is 2.33. The van der Waals surface area contributed by atoms with Crippen molar-refractivity contribution in [2.45, 2.75) is 52.2 Å². The van der Waals surface area contributed by atoms with Gasteiger partial charge in [0.1, 0.15) is 5.82 Å². The third kappa shape index (κ3) is 5.06. The molecule has 2 aromatic heterocycles. The number of nitrogens with one attached hydrogen (secondary N) is 1. The maximum Gasteiger partial charge on any atom is 0.254 e. The zero-order valence-electron chi connectivity index (χ0n) is 19.8. The predicted octanol–water partition coefficient (Wildman–Crippen LogP) is 3.49. The van der Waals surface area contributed by atoms with Crippen LogP contribution in [0, 0.1) is 13.8 Å². The van der Waals surface area contributed by atoms with Gasteiger partial charge in [-0.15, -0.1) is 0 Å². The molecule has 0 unspecified atom stereocenters. The van der Waals surface area contributed by atoms with Gasteiger partial charge in [0, 0.05) is 26.3 Å². The highest BCUT2D eigenvalue weighted by atomic mass is 16.5. The lowest BCUT2D eigenvalue weighted by Crippen LogP contribution is -2.34. The van der Waals surface area contributed by atoms with Crippen molar-refractivity contribution in [3.8, 4) is 5.88 Å². The lowest BCUT2D eigenvalue weighted by molar-refractivity contribution is 0.0948. The van der Waals surface area contributed by atoms with Gasteiger partial charge in [-0.3, -0.25) is 9.69 Å². The van der Waals surface area contributed by atoms with Crippen LogP contribution in [0.1, 0.15) is 64.0 Å². The van der Waals surface area contributed by atoms with E-state index in [-0.39, 0.29) is 11.9 Å².